The van der Waals surface area contributed by atoms with Gasteiger partial charge in [0.2, 0.25) is 10.0 Å². The van der Waals surface area contributed by atoms with Crippen LogP contribution in [0.4, 0.5) is 0 Å². The quantitative estimate of drug-likeness (QED) is 0.638. The second-order valence-electron chi connectivity index (χ2n) is 5.46. The molecule has 0 unspecified atom stereocenters. The van der Waals surface area contributed by atoms with Crippen LogP contribution in [0.1, 0.15) is 23.7 Å². The number of amides is 1. The number of nitrogens with one attached hydrogen (secondary N) is 2. The summed E-state index contributed by atoms with van der Waals surface area (Å²) in [5.74, 6) is 0.259. The zero-order chi connectivity index (χ0) is 19.0. The van der Waals surface area contributed by atoms with Crippen molar-refractivity contribution in [2.24, 2.45) is 0 Å². The van der Waals surface area contributed by atoms with E-state index in [0.29, 0.717) is 12.3 Å². The number of ether oxygens (including phenoxy) is 1. The van der Waals surface area contributed by atoms with E-state index in [9.17, 15) is 13.2 Å². The third kappa shape index (κ3) is 5.72. The van der Waals surface area contributed by atoms with Crippen molar-refractivity contribution in [3.63, 3.8) is 0 Å². The normalized spacial score (nSPS) is 11.2. The lowest BCUT2D eigenvalue weighted by molar-refractivity contribution is 0.0953. The molecule has 2 aromatic rings. The SMILES string of the molecule is CCCNC(=O)c1cc(S(=O)(=O)NCCOc2ccccc2)ccc1Cl. The number of benzene rings is 2. The summed E-state index contributed by atoms with van der Waals surface area (Å²) in [6.07, 6.45) is 0.768. The predicted molar refractivity (Wildman–Crippen MR) is 101 cm³/mol. The first-order valence-electron chi connectivity index (χ1n) is 8.19. The van der Waals surface area contributed by atoms with E-state index in [4.69, 9.17) is 16.3 Å². The first kappa shape index (κ1) is 20.2. The van der Waals surface area contributed by atoms with Crippen LogP contribution in [-0.4, -0.2) is 34.0 Å². The molecular formula is C18H21ClN2O4S. The average Bonchev–Trinajstić information content (AvgIpc) is 2.64. The minimum absolute atomic E-state index is 0.0248. The fourth-order valence-corrected chi connectivity index (χ4v) is 3.37. The smallest absolute Gasteiger partial charge is 0.252 e. The van der Waals surface area contributed by atoms with Crippen LogP contribution in [0.25, 0.3) is 0 Å². The van der Waals surface area contributed by atoms with Gasteiger partial charge in [0.15, 0.2) is 0 Å². The van der Waals surface area contributed by atoms with Gasteiger partial charge in [0.05, 0.1) is 15.5 Å². The Hall–Kier alpha value is -2.09. The monoisotopic (exact) mass is 396 g/mol. The van der Waals surface area contributed by atoms with Crippen LogP contribution in [0, 0.1) is 0 Å². The van der Waals surface area contributed by atoms with Crippen LogP contribution in [0.5, 0.6) is 5.75 Å². The second-order valence-corrected chi connectivity index (χ2v) is 7.63. The standard InChI is InChI=1S/C18H21ClN2O4S/c1-2-10-20-18(22)16-13-15(8-9-17(16)19)26(23,24)21-11-12-25-14-6-4-3-5-7-14/h3-9,13,21H,2,10-12H2,1H3,(H,20,22). The van der Waals surface area contributed by atoms with Gasteiger partial charge in [0.25, 0.3) is 5.91 Å². The molecule has 0 aliphatic rings. The summed E-state index contributed by atoms with van der Waals surface area (Å²) in [4.78, 5) is 12.1. The average molecular weight is 397 g/mol. The Morgan fingerprint density at radius 2 is 1.85 bits per heavy atom. The molecule has 0 fully saturated rings. The predicted octanol–water partition coefficient (Wildman–Crippen LogP) is 2.84. The third-order valence-corrected chi connectivity index (χ3v) is 5.22. The number of para-hydroxylation sites is 1. The van der Waals surface area contributed by atoms with Gasteiger partial charge >= 0.3 is 0 Å². The van der Waals surface area contributed by atoms with Crippen LogP contribution < -0.4 is 14.8 Å². The number of hydrogen-bond donors (Lipinski definition) is 2. The van der Waals surface area contributed by atoms with E-state index in [2.05, 4.69) is 10.0 Å². The largest absolute Gasteiger partial charge is 0.492 e. The van der Waals surface area contributed by atoms with Crippen molar-refractivity contribution >= 4 is 27.5 Å². The van der Waals surface area contributed by atoms with Gasteiger partial charge in [-0.2, -0.15) is 0 Å². The van der Waals surface area contributed by atoms with E-state index in [1.54, 1.807) is 12.1 Å². The second kappa shape index (κ2) is 9.56. The van der Waals surface area contributed by atoms with Crippen molar-refractivity contribution in [3.8, 4) is 5.75 Å². The van der Waals surface area contributed by atoms with Gasteiger partial charge in [-0.3, -0.25) is 4.79 Å². The van der Waals surface area contributed by atoms with Gasteiger partial charge in [0, 0.05) is 13.1 Å². The molecule has 0 saturated carbocycles. The Kier molecular flexibility index (Phi) is 7.44. The minimum atomic E-state index is -3.78. The first-order chi connectivity index (χ1) is 12.4. The van der Waals surface area contributed by atoms with Gasteiger partial charge in [-0.15, -0.1) is 0 Å². The zero-order valence-corrected chi connectivity index (χ0v) is 15.9. The van der Waals surface area contributed by atoms with E-state index < -0.39 is 15.9 Å². The zero-order valence-electron chi connectivity index (χ0n) is 14.4. The molecule has 26 heavy (non-hydrogen) atoms. The molecule has 2 N–H and O–H groups in total. The first-order valence-corrected chi connectivity index (χ1v) is 10.1. The molecule has 0 saturated heterocycles. The van der Waals surface area contributed by atoms with Crippen molar-refractivity contribution in [2.75, 3.05) is 19.7 Å². The van der Waals surface area contributed by atoms with E-state index in [1.807, 2.05) is 25.1 Å². The number of hydrogen-bond acceptors (Lipinski definition) is 4. The van der Waals surface area contributed by atoms with Gasteiger partial charge < -0.3 is 10.1 Å². The number of sulfonamides is 1. The lowest BCUT2D eigenvalue weighted by Gasteiger charge is -2.11. The van der Waals surface area contributed by atoms with Crippen LogP contribution in [0.15, 0.2) is 53.4 Å². The molecule has 0 bridgehead atoms. The highest BCUT2D eigenvalue weighted by atomic mass is 35.5. The summed E-state index contributed by atoms with van der Waals surface area (Å²) in [6, 6.07) is 13.1. The molecule has 6 nitrogen and oxygen atoms in total. The van der Waals surface area contributed by atoms with E-state index >= 15 is 0 Å². The summed E-state index contributed by atoms with van der Waals surface area (Å²) in [5.41, 5.74) is 0.128. The minimum Gasteiger partial charge on any atom is -0.492 e. The maximum absolute atomic E-state index is 12.4. The van der Waals surface area contributed by atoms with Crippen molar-refractivity contribution in [2.45, 2.75) is 18.2 Å². The van der Waals surface area contributed by atoms with Crippen LogP contribution in [-0.2, 0) is 10.0 Å². The van der Waals surface area contributed by atoms with Crippen LogP contribution >= 0.6 is 11.6 Å². The number of rotatable bonds is 9. The highest BCUT2D eigenvalue weighted by Crippen LogP contribution is 2.20. The molecule has 1 amide bonds. The molecule has 8 heteroatoms. The molecule has 140 valence electrons. The Bertz CT molecular complexity index is 842. The lowest BCUT2D eigenvalue weighted by atomic mass is 10.2. The third-order valence-electron chi connectivity index (χ3n) is 3.43. The molecule has 0 radical (unpaired) electrons. The van der Waals surface area contributed by atoms with Gasteiger partial charge in [-0.1, -0.05) is 36.7 Å². The fraction of sp³-hybridized carbons (Fsp3) is 0.278. The van der Waals surface area contributed by atoms with Crippen LogP contribution in [0.3, 0.4) is 0 Å². The summed E-state index contributed by atoms with van der Waals surface area (Å²) in [7, 11) is -3.78. The lowest BCUT2D eigenvalue weighted by Crippen LogP contribution is -2.29. The summed E-state index contributed by atoms with van der Waals surface area (Å²) in [5, 5.41) is 2.88. The number of carbonyl (C=O) groups excluding carboxylic acids is 1. The summed E-state index contributed by atoms with van der Waals surface area (Å²) < 4.78 is 32.7. The molecule has 0 aliphatic heterocycles. The molecule has 2 aromatic carbocycles. The summed E-state index contributed by atoms with van der Waals surface area (Å²) in [6.45, 7) is 2.68. The maximum Gasteiger partial charge on any atom is 0.252 e. The van der Waals surface area contributed by atoms with Crippen LogP contribution in [0.2, 0.25) is 5.02 Å². The fourth-order valence-electron chi connectivity index (χ4n) is 2.12. The van der Waals surface area contributed by atoms with E-state index in [-0.39, 0.29) is 28.6 Å². The van der Waals surface area contributed by atoms with Crippen molar-refractivity contribution in [1.29, 1.82) is 0 Å². The molecule has 0 heterocycles. The molecule has 0 atom stereocenters. The topological polar surface area (TPSA) is 84.5 Å². The Morgan fingerprint density at radius 3 is 2.54 bits per heavy atom. The molecular weight excluding hydrogens is 376 g/mol. The highest BCUT2D eigenvalue weighted by molar-refractivity contribution is 7.89. The van der Waals surface area contributed by atoms with Crippen molar-refractivity contribution in [3.05, 3.63) is 59.1 Å². The van der Waals surface area contributed by atoms with Gasteiger partial charge in [0.1, 0.15) is 12.4 Å². The van der Waals surface area contributed by atoms with Crippen molar-refractivity contribution < 1.29 is 17.9 Å². The maximum atomic E-state index is 12.4. The molecule has 0 spiro atoms. The Labute approximate surface area is 158 Å². The highest BCUT2D eigenvalue weighted by Gasteiger charge is 2.18. The van der Waals surface area contributed by atoms with Gasteiger partial charge in [-0.25, -0.2) is 13.1 Å². The van der Waals surface area contributed by atoms with E-state index in [1.165, 1.54) is 18.2 Å². The molecule has 0 aliphatic carbocycles. The van der Waals surface area contributed by atoms with E-state index in [0.717, 1.165) is 6.42 Å². The summed E-state index contributed by atoms with van der Waals surface area (Å²) >= 11 is 6.02. The molecule has 0 aromatic heterocycles. The van der Waals surface area contributed by atoms with Crippen molar-refractivity contribution in [1.82, 2.24) is 10.0 Å². The van der Waals surface area contributed by atoms with Gasteiger partial charge in [-0.05, 0) is 36.8 Å². The number of halogens is 1. The Morgan fingerprint density at radius 1 is 1.12 bits per heavy atom. The Balaban J connectivity index is 2.00. The number of carbonyl (C=O) groups is 1. The molecule has 2 rings (SSSR count).